The van der Waals surface area contributed by atoms with Gasteiger partial charge in [0.15, 0.2) is 0 Å². The summed E-state index contributed by atoms with van der Waals surface area (Å²) in [5, 5.41) is 3.12. The van der Waals surface area contributed by atoms with Gasteiger partial charge >= 0.3 is 5.97 Å². The van der Waals surface area contributed by atoms with E-state index in [0.717, 1.165) is 22.3 Å². The van der Waals surface area contributed by atoms with Gasteiger partial charge in [-0.15, -0.1) is 0 Å². The summed E-state index contributed by atoms with van der Waals surface area (Å²) in [4.78, 5) is 41.1. The Balaban J connectivity index is 1.60. The van der Waals surface area contributed by atoms with Gasteiger partial charge in [-0.05, 0) is 43.9 Å². The number of hydrogen-bond donors (Lipinski definition) is 1. The molecule has 2 amide bonds. The number of hydrogen-bond acceptors (Lipinski definition) is 4. The lowest BCUT2D eigenvalue weighted by Gasteiger charge is -2.34. The number of nitrogens with one attached hydrogen (secondary N) is 1. The van der Waals surface area contributed by atoms with Crippen molar-refractivity contribution < 1.29 is 19.1 Å². The Morgan fingerprint density at radius 2 is 1.66 bits per heavy atom. The van der Waals surface area contributed by atoms with Crippen molar-refractivity contribution in [2.45, 2.75) is 45.6 Å². The topological polar surface area (TPSA) is 75.7 Å². The van der Waals surface area contributed by atoms with E-state index in [2.05, 4.69) is 5.32 Å². The Kier molecular flexibility index (Phi) is 8.74. The first-order chi connectivity index (χ1) is 18.4. The van der Waals surface area contributed by atoms with E-state index < -0.39 is 11.9 Å². The zero-order chi connectivity index (χ0) is 27.1. The third kappa shape index (κ3) is 6.38. The van der Waals surface area contributed by atoms with Gasteiger partial charge in [0.1, 0.15) is 6.54 Å². The van der Waals surface area contributed by atoms with E-state index in [1.165, 1.54) is 4.90 Å². The molecule has 4 rings (SSSR count). The Labute approximate surface area is 224 Å². The highest BCUT2D eigenvalue weighted by Crippen LogP contribution is 2.37. The Morgan fingerprint density at radius 1 is 0.974 bits per heavy atom. The zero-order valence-corrected chi connectivity index (χ0v) is 22.1. The fraction of sp³-hybridized carbons (Fsp3) is 0.281. The van der Waals surface area contributed by atoms with Gasteiger partial charge in [0, 0.05) is 18.0 Å². The molecule has 196 valence electrons. The first-order valence-electron chi connectivity index (χ1n) is 13.0. The second kappa shape index (κ2) is 12.4. The van der Waals surface area contributed by atoms with Gasteiger partial charge in [-0.2, -0.15) is 0 Å². The molecule has 0 aromatic heterocycles. The van der Waals surface area contributed by atoms with E-state index in [9.17, 15) is 14.4 Å². The molecule has 1 aliphatic heterocycles. The summed E-state index contributed by atoms with van der Waals surface area (Å²) in [5.41, 5.74) is 4.89. The van der Waals surface area contributed by atoms with E-state index in [1.807, 2.05) is 91.9 Å². The van der Waals surface area contributed by atoms with Crippen LogP contribution in [0.5, 0.6) is 0 Å². The van der Waals surface area contributed by atoms with Crippen LogP contribution in [0, 0.1) is 6.92 Å². The van der Waals surface area contributed by atoms with Crippen molar-refractivity contribution in [1.29, 1.82) is 0 Å². The fourth-order valence-electron chi connectivity index (χ4n) is 5.02. The number of benzene rings is 3. The van der Waals surface area contributed by atoms with Crippen LogP contribution in [0.25, 0.3) is 0 Å². The first-order valence-corrected chi connectivity index (χ1v) is 13.0. The smallest absolute Gasteiger partial charge is 0.336 e. The summed E-state index contributed by atoms with van der Waals surface area (Å²) in [5.74, 6) is -1.37. The fourth-order valence-corrected chi connectivity index (χ4v) is 5.02. The summed E-state index contributed by atoms with van der Waals surface area (Å²) in [6.07, 6.45) is 0.706. The highest BCUT2D eigenvalue weighted by molar-refractivity contribution is 5.97. The molecule has 1 aliphatic rings. The van der Waals surface area contributed by atoms with Crippen LogP contribution in [0.15, 0.2) is 96.2 Å². The van der Waals surface area contributed by atoms with Crippen LogP contribution >= 0.6 is 0 Å². The molecule has 0 aliphatic carbocycles. The molecule has 2 unspecified atom stereocenters. The van der Waals surface area contributed by atoms with Crippen LogP contribution in [0.4, 0.5) is 0 Å². The highest BCUT2D eigenvalue weighted by atomic mass is 16.5. The van der Waals surface area contributed by atoms with Crippen LogP contribution in [0.2, 0.25) is 0 Å². The Hall–Kier alpha value is -4.19. The molecule has 0 saturated carbocycles. The molecule has 0 radical (unpaired) electrons. The first kappa shape index (κ1) is 26.9. The van der Waals surface area contributed by atoms with Crippen molar-refractivity contribution in [3.05, 3.63) is 118 Å². The second-order valence-electron chi connectivity index (χ2n) is 9.59. The molecular formula is C32H34N2O4. The van der Waals surface area contributed by atoms with E-state index in [1.54, 1.807) is 13.8 Å². The van der Waals surface area contributed by atoms with E-state index in [0.29, 0.717) is 17.7 Å². The minimum absolute atomic E-state index is 0.0916. The average molecular weight is 511 g/mol. The van der Waals surface area contributed by atoms with Crippen LogP contribution in [-0.2, 0) is 25.5 Å². The van der Waals surface area contributed by atoms with Crippen molar-refractivity contribution in [3.8, 4) is 0 Å². The molecule has 1 N–H and O–H groups in total. The minimum atomic E-state index is -0.458. The lowest BCUT2D eigenvalue weighted by Crippen LogP contribution is -2.45. The monoisotopic (exact) mass is 510 g/mol. The second-order valence-corrected chi connectivity index (χ2v) is 9.59. The molecule has 0 bridgehead atoms. The quantitative estimate of drug-likeness (QED) is 0.399. The van der Waals surface area contributed by atoms with Gasteiger partial charge in [0.25, 0.3) is 0 Å². The maximum absolute atomic E-state index is 13.3. The predicted octanol–water partition coefficient (Wildman–Crippen LogP) is 5.25. The molecule has 3 aromatic rings. The Morgan fingerprint density at radius 3 is 2.32 bits per heavy atom. The van der Waals surface area contributed by atoms with Gasteiger partial charge in [0.2, 0.25) is 11.8 Å². The minimum Gasteiger partial charge on any atom is -0.463 e. The SMILES string of the molecule is CCOC(=O)C1=C(C)N(CC(=O)NC(Cc2ccccc2)c2ccccc2)C(=O)CC1c1cccc(C)c1. The summed E-state index contributed by atoms with van der Waals surface area (Å²) >= 11 is 0. The highest BCUT2D eigenvalue weighted by Gasteiger charge is 2.37. The van der Waals surface area contributed by atoms with Crippen LogP contribution in [-0.4, -0.2) is 35.8 Å². The number of rotatable bonds is 9. The van der Waals surface area contributed by atoms with Gasteiger partial charge in [-0.3, -0.25) is 9.59 Å². The third-order valence-corrected chi connectivity index (χ3v) is 6.88. The predicted molar refractivity (Wildman–Crippen MR) is 147 cm³/mol. The van der Waals surface area contributed by atoms with Gasteiger partial charge < -0.3 is 15.0 Å². The molecule has 2 atom stereocenters. The molecule has 1 heterocycles. The third-order valence-electron chi connectivity index (χ3n) is 6.88. The molecule has 0 saturated heterocycles. The standard InChI is InChI=1S/C32H34N2O4/c1-4-38-32(37)31-23(3)34(30(36)20-27(31)26-17-11-12-22(2)18-26)21-29(35)33-28(25-15-9-6-10-16-25)19-24-13-7-5-8-14-24/h5-18,27-28H,4,19-21H2,1-3H3,(H,33,35). The number of carbonyl (C=O) groups is 3. The molecular weight excluding hydrogens is 476 g/mol. The number of allylic oxidation sites excluding steroid dienone is 1. The van der Waals surface area contributed by atoms with Crippen molar-refractivity contribution >= 4 is 17.8 Å². The van der Waals surface area contributed by atoms with E-state index in [-0.39, 0.29) is 37.4 Å². The Bertz CT molecular complexity index is 1320. The molecule has 38 heavy (non-hydrogen) atoms. The maximum Gasteiger partial charge on any atom is 0.336 e. The molecule has 6 heteroatoms. The largest absolute Gasteiger partial charge is 0.463 e. The average Bonchev–Trinajstić information content (AvgIpc) is 2.91. The summed E-state index contributed by atoms with van der Waals surface area (Å²) in [6, 6.07) is 27.3. The lowest BCUT2D eigenvalue weighted by atomic mass is 9.83. The van der Waals surface area contributed by atoms with Gasteiger partial charge in [-0.1, -0.05) is 90.5 Å². The van der Waals surface area contributed by atoms with Crippen molar-refractivity contribution in [2.75, 3.05) is 13.2 Å². The van der Waals surface area contributed by atoms with E-state index in [4.69, 9.17) is 4.74 Å². The van der Waals surface area contributed by atoms with Crippen molar-refractivity contribution in [3.63, 3.8) is 0 Å². The lowest BCUT2D eigenvalue weighted by molar-refractivity contribution is -0.141. The number of amides is 2. The summed E-state index contributed by atoms with van der Waals surface area (Å²) in [7, 11) is 0. The van der Waals surface area contributed by atoms with E-state index >= 15 is 0 Å². The normalized spacial score (nSPS) is 16.2. The zero-order valence-electron chi connectivity index (χ0n) is 22.1. The molecule has 0 spiro atoms. The number of nitrogens with zero attached hydrogens (tertiary/aromatic N) is 1. The molecule has 0 fully saturated rings. The van der Waals surface area contributed by atoms with Crippen LogP contribution in [0.1, 0.15) is 54.5 Å². The number of ether oxygens (including phenoxy) is 1. The number of esters is 1. The number of aryl methyl sites for hydroxylation is 1. The van der Waals surface area contributed by atoms with Gasteiger partial charge in [-0.25, -0.2) is 4.79 Å². The summed E-state index contributed by atoms with van der Waals surface area (Å²) < 4.78 is 5.38. The maximum atomic E-state index is 13.3. The van der Waals surface area contributed by atoms with Crippen LogP contribution < -0.4 is 5.32 Å². The van der Waals surface area contributed by atoms with Crippen LogP contribution in [0.3, 0.4) is 0 Å². The van der Waals surface area contributed by atoms with Crippen molar-refractivity contribution in [2.24, 2.45) is 0 Å². The van der Waals surface area contributed by atoms with Crippen molar-refractivity contribution in [1.82, 2.24) is 10.2 Å². The molecule has 6 nitrogen and oxygen atoms in total. The molecule has 3 aromatic carbocycles. The summed E-state index contributed by atoms with van der Waals surface area (Å²) in [6.45, 7) is 5.50. The van der Waals surface area contributed by atoms with Gasteiger partial charge in [0.05, 0.1) is 18.2 Å². The number of carbonyl (C=O) groups excluding carboxylic acids is 3.